The number of aryl methyl sites for hydroxylation is 1. The molecule has 0 aliphatic carbocycles. The zero-order valence-electron chi connectivity index (χ0n) is 11.3. The summed E-state index contributed by atoms with van der Waals surface area (Å²) in [5.74, 6) is -0.0533. The molecule has 0 radical (unpaired) electrons. The van der Waals surface area contributed by atoms with Gasteiger partial charge in [-0.1, -0.05) is 35.9 Å². The summed E-state index contributed by atoms with van der Waals surface area (Å²) in [6.45, 7) is 2.01. The van der Waals surface area contributed by atoms with Crippen LogP contribution in [0.2, 0.25) is 0 Å². The number of nitrogens with zero attached hydrogens (tertiary/aromatic N) is 1. The molecule has 0 unspecified atom stereocenters. The summed E-state index contributed by atoms with van der Waals surface area (Å²) in [5, 5.41) is 0. The van der Waals surface area contributed by atoms with E-state index in [9.17, 15) is 4.79 Å². The predicted molar refractivity (Wildman–Crippen MR) is 90.9 cm³/mol. The molecule has 0 saturated heterocycles. The topological polar surface area (TPSA) is 38.7 Å². The highest BCUT2D eigenvalue weighted by molar-refractivity contribution is 14.1. The third-order valence-corrected chi connectivity index (χ3v) is 4.10. The van der Waals surface area contributed by atoms with Crippen LogP contribution in [0.3, 0.4) is 0 Å². The number of cyclic esters (lactones) is 1. The molecule has 0 bridgehead atoms. The fourth-order valence-corrected chi connectivity index (χ4v) is 2.51. The smallest absolute Gasteiger partial charge is 0.363 e. The molecule has 0 spiro atoms. The quantitative estimate of drug-likeness (QED) is 0.443. The lowest BCUT2D eigenvalue weighted by Crippen LogP contribution is -2.05. The minimum absolute atomic E-state index is 0.328. The van der Waals surface area contributed by atoms with Gasteiger partial charge < -0.3 is 4.74 Å². The number of aliphatic imine (C=N–C) groups is 1. The average Bonchev–Trinajstić information content (AvgIpc) is 2.83. The Kier molecular flexibility index (Phi) is 3.88. The number of hydrogen-bond donors (Lipinski definition) is 0. The second-order valence-corrected chi connectivity index (χ2v) is 5.89. The maximum Gasteiger partial charge on any atom is 0.363 e. The molecular formula is C17H12INO2. The summed E-state index contributed by atoms with van der Waals surface area (Å²) in [5.41, 5.74) is 3.24. The molecule has 3 nitrogen and oxygen atoms in total. The van der Waals surface area contributed by atoms with Crippen molar-refractivity contribution in [2.75, 3.05) is 0 Å². The van der Waals surface area contributed by atoms with Crippen molar-refractivity contribution in [2.24, 2.45) is 4.99 Å². The van der Waals surface area contributed by atoms with Crippen LogP contribution in [0, 0.1) is 10.5 Å². The molecule has 3 rings (SSSR count). The molecule has 1 aliphatic heterocycles. The van der Waals surface area contributed by atoms with Crippen LogP contribution in [0.15, 0.2) is 59.2 Å². The highest BCUT2D eigenvalue weighted by Gasteiger charge is 2.24. The first kappa shape index (κ1) is 14.0. The predicted octanol–water partition coefficient (Wildman–Crippen LogP) is 3.94. The van der Waals surface area contributed by atoms with Crippen LogP contribution in [0.4, 0.5) is 0 Å². The minimum atomic E-state index is -0.412. The number of ether oxygens (including phenoxy) is 1. The van der Waals surface area contributed by atoms with Gasteiger partial charge in [-0.3, -0.25) is 0 Å². The maximum atomic E-state index is 11.9. The Labute approximate surface area is 136 Å². The summed E-state index contributed by atoms with van der Waals surface area (Å²) in [6, 6.07) is 15.5. The Balaban J connectivity index is 1.96. The number of halogens is 1. The normalized spacial score (nSPS) is 16.0. The third kappa shape index (κ3) is 3.05. The first-order valence-electron chi connectivity index (χ1n) is 6.47. The summed E-state index contributed by atoms with van der Waals surface area (Å²) >= 11 is 2.23. The van der Waals surface area contributed by atoms with Crippen molar-refractivity contribution in [3.8, 4) is 0 Å². The van der Waals surface area contributed by atoms with Crippen LogP contribution in [-0.2, 0) is 9.53 Å². The van der Waals surface area contributed by atoms with Gasteiger partial charge in [-0.05, 0) is 59.4 Å². The van der Waals surface area contributed by atoms with Crippen LogP contribution < -0.4 is 0 Å². The summed E-state index contributed by atoms with van der Waals surface area (Å²) in [7, 11) is 0. The Morgan fingerprint density at radius 3 is 2.52 bits per heavy atom. The van der Waals surface area contributed by atoms with Crippen LogP contribution in [-0.4, -0.2) is 11.9 Å². The lowest BCUT2D eigenvalue weighted by molar-refractivity contribution is -0.129. The molecule has 1 heterocycles. The number of carbonyl (C=O) groups is 1. The molecule has 1 aliphatic rings. The Hall–Kier alpha value is -1.95. The molecule has 0 atom stereocenters. The van der Waals surface area contributed by atoms with Crippen LogP contribution in [0.25, 0.3) is 6.08 Å². The lowest BCUT2D eigenvalue weighted by Gasteiger charge is -1.99. The van der Waals surface area contributed by atoms with Gasteiger partial charge in [0, 0.05) is 9.13 Å². The molecule has 0 amide bonds. The highest BCUT2D eigenvalue weighted by atomic mass is 127. The first-order chi connectivity index (χ1) is 10.1. The van der Waals surface area contributed by atoms with Gasteiger partial charge in [-0.25, -0.2) is 9.79 Å². The van der Waals surface area contributed by atoms with E-state index >= 15 is 0 Å². The van der Waals surface area contributed by atoms with E-state index < -0.39 is 5.97 Å². The van der Waals surface area contributed by atoms with Crippen LogP contribution >= 0.6 is 22.6 Å². The van der Waals surface area contributed by atoms with E-state index in [-0.39, 0.29) is 0 Å². The van der Waals surface area contributed by atoms with Gasteiger partial charge in [0.15, 0.2) is 5.70 Å². The molecule has 2 aromatic carbocycles. The second-order valence-electron chi connectivity index (χ2n) is 4.72. The molecule has 4 heteroatoms. The van der Waals surface area contributed by atoms with E-state index in [0.717, 1.165) is 20.3 Å². The van der Waals surface area contributed by atoms with Gasteiger partial charge in [-0.15, -0.1) is 0 Å². The minimum Gasteiger partial charge on any atom is -0.402 e. The summed E-state index contributed by atoms with van der Waals surface area (Å²) in [6.07, 6.45) is 1.76. The van der Waals surface area contributed by atoms with Gasteiger partial charge in [0.05, 0.1) is 0 Å². The fraction of sp³-hybridized carbons (Fsp3) is 0.0588. The van der Waals surface area contributed by atoms with E-state index in [1.807, 2.05) is 55.5 Å². The Morgan fingerprint density at radius 1 is 1.10 bits per heavy atom. The van der Waals surface area contributed by atoms with Crippen molar-refractivity contribution in [1.82, 2.24) is 0 Å². The third-order valence-electron chi connectivity index (χ3n) is 3.12. The van der Waals surface area contributed by atoms with Crippen molar-refractivity contribution in [1.29, 1.82) is 0 Å². The fourth-order valence-electron chi connectivity index (χ4n) is 1.97. The summed E-state index contributed by atoms with van der Waals surface area (Å²) < 4.78 is 6.32. The zero-order chi connectivity index (χ0) is 14.8. The van der Waals surface area contributed by atoms with E-state index in [1.54, 1.807) is 6.08 Å². The number of benzene rings is 2. The molecule has 0 saturated carbocycles. The Morgan fingerprint density at radius 2 is 1.81 bits per heavy atom. The second kappa shape index (κ2) is 5.81. The van der Waals surface area contributed by atoms with Crippen LogP contribution in [0.5, 0.6) is 0 Å². The molecule has 21 heavy (non-hydrogen) atoms. The van der Waals surface area contributed by atoms with Crippen molar-refractivity contribution in [3.05, 3.63) is 74.5 Å². The number of esters is 1. The standard InChI is InChI=1S/C17H12INO2/c1-11-6-8-12(9-7-11)16-19-15(17(20)21-16)10-13-4-2-3-5-14(13)18/h2-10H,1H3. The van der Waals surface area contributed by atoms with E-state index in [0.29, 0.717) is 11.6 Å². The van der Waals surface area contributed by atoms with Gasteiger partial charge in [0.25, 0.3) is 0 Å². The SMILES string of the molecule is Cc1ccc(C2=NC(=Cc3ccccc3I)C(=O)O2)cc1. The largest absolute Gasteiger partial charge is 0.402 e. The lowest BCUT2D eigenvalue weighted by atomic mass is 10.1. The molecule has 2 aromatic rings. The van der Waals surface area contributed by atoms with Gasteiger partial charge in [0.1, 0.15) is 0 Å². The van der Waals surface area contributed by atoms with Crippen LogP contribution in [0.1, 0.15) is 16.7 Å². The zero-order valence-corrected chi connectivity index (χ0v) is 13.5. The maximum absolute atomic E-state index is 11.9. The van der Waals surface area contributed by atoms with Crippen molar-refractivity contribution < 1.29 is 9.53 Å². The van der Waals surface area contributed by atoms with Crippen molar-refractivity contribution in [3.63, 3.8) is 0 Å². The van der Waals surface area contributed by atoms with Crippen molar-refractivity contribution in [2.45, 2.75) is 6.92 Å². The molecule has 0 aromatic heterocycles. The monoisotopic (exact) mass is 389 g/mol. The van der Waals surface area contributed by atoms with E-state index in [1.165, 1.54) is 0 Å². The average molecular weight is 389 g/mol. The van der Waals surface area contributed by atoms with E-state index in [2.05, 4.69) is 27.6 Å². The number of carbonyl (C=O) groups excluding carboxylic acids is 1. The molecular weight excluding hydrogens is 377 g/mol. The summed E-state index contributed by atoms with van der Waals surface area (Å²) in [4.78, 5) is 16.2. The molecule has 104 valence electrons. The number of rotatable bonds is 2. The van der Waals surface area contributed by atoms with Gasteiger partial charge >= 0.3 is 5.97 Å². The highest BCUT2D eigenvalue weighted by Crippen LogP contribution is 2.21. The van der Waals surface area contributed by atoms with E-state index in [4.69, 9.17) is 4.74 Å². The van der Waals surface area contributed by atoms with Crippen molar-refractivity contribution >= 4 is 40.5 Å². The first-order valence-corrected chi connectivity index (χ1v) is 7.55. The molecule has 0 fully saturated rings. The van der Waals surface area contributed by atoms with Gasteiger partial charge in [-0.2, -0.15) is 0 Å². The Bertz CT molecular complexity index is 761. The van der Waals surface area contributed by atoms with Gasteiger partial charge in [0.2, 0.25) is 5.90 Å². The number of hydrogen-bond acceptors (Lipinski definition) is 3. The molecule has 0 N–H and O–H groups in total.